The fourth-order valence-electron chi connectivity index (χ4n) is 3.54. The number of anilines is 1. The number of rotatable bonds is 6. The maximum absolute atomic E-state index is 9.24. The number of nitrogens with one attached hydrogen (secondary N) is 1. The highest BCUT2D eigenvalue weighted by molar-refractivity contribution is 9.10. The quantitative estimate of drug-likeness (QED) is 0.340. The van der Waals surface area contributed by atoms with Crippen LogP contribution in [0.2, 0.25) is 0 Å². The minimum absolute atomic E-state index is 0.0503. The van der Waals surface area contributed by atoms with Crippen LogP contribution in [0.3, 0.4) is 0 Å². The largest absolute Gasteiger partial charge is 0.392 e. The number of hydrogen-bond donors (Lipinski definition) is 2. The van der Waals surface area contributed by atoms with Crippen molar-refractivity contribution >= 4 is 27.4 Å². The zero-order valence-corrected chi connectivity index (χ0v) is 18.7. The fourth-order valence-corrected chi connectivity index (χ4v) is 3.89. The molecule has 0 aliphatic carbocycles. The molecule has 0 amide bonds. The van der Waals surface area contributed by atoms with Crippen LogP contribution in [0.15, 0.2) is 89.8 Å². The predicted molar refractivity (Wildman–Crippen MR) is 129 cm³/mol. The molecule has 0 saturated heterocycles. The highest BCUT2D eigenvalue weighted by Crippen LogP contribution is 2.28. The van der Waals surface area contributed by atoms with Crippen LogP contribution in [-0.2, 0) is 13.2 Å². The maximum atomic E-state index is 9.24. The Bertz CT molecular complexity index is 1350. The number of pyridine rings is 1. The van der Waals surface area contributed by atoms with E-state index in [-0.39, 0.29) is 6.61 Å². The van der Waals surface area contributed by atoms with Crippen molar-refractivity contribution in [1.29, 1.82) is 0 Å². The molecule has 0 bridgehead atoms. The molecule has 0 fully saturated rings. The first kappa shape index (κ1) is 20.4. The highest BCUT2D eigenvalue weighted by Gasteiger charge is 2.12. The number of aliphatic hydroxyl groups is 1. The number of aromatic nitrogens is 4. The molecular formula is C25H20BrN5O. The van der Waals surface area contributed by atoms with E-state index in [1.807, 2.05) is 48.7 Å². The van der Waals surface area contributed by atoms with Gasteiger partial charge in [0.15, 0.2) is 5.65 Å². The molecule has 7 heteroatoms. The van der Waals surface area contributed by atoms with Gasteiger partial charge in [0.1, 0.15) is 5.82 Å². The summed E-state index contributed by atoms with van der Waals surface area (Å²) in [4.78, 5) is 9.00. The Kier molecular flexibility index (Phi) is 5.66. The van der Waals surface area contributed by atoms with Gasteiger partial charge >= 0.3 is 0 Å². The topological polar surface area (TPSA) is 75.3 Å². The SMILES string of the molecule is OCc1ccc(-c2ccc(-c3cc(NCc4cccnc4)n4ncc(Br)c4n3)cc2)cc1. The summed E-state index contributed by atoms with van der Waals surface area (Å²) < 4.78 is 2.63. The van der Waals surface area contributed by atoms with Crippen molar-refractivity contribution < 1.29 is 5.11 Å². The number of benzene rings is 2. The molecule has 5 rings (SSSR count). The second-order valence-corrected chi connectivity index (χ2v) is 8.26. The van der Waals surface area contributed by atoms with Gasteiger partial charge in [-0.1, -0.05) is 54.6 Å². The monoisotopic (exact) mass is 485 g/mol. The third kappa shape index (κ3) is 4.12. The van der Waals surface area contributed by atoms with Gasteiger partial charge < -0.3 is 10.4 Å². The molecule has 0 aliphatic heterocycles. The van der Waals surface area contributed by atoms with E-state index in [0.717, 1.165) is 49.4 Å². The summed E-state index contributed by atoms with van der Waals surface area (Å²) in [5.41, 5.74) is 6.83. The maximum Gasteiger partial charge on any atom is 0.172 e. The lowest BCUT2D eigenvalue weighted by molar-refractivity contribution is 0.282. The standard InChI is InChI=1S/C25H20BrN5O/c26-22-15-29-31-24(28-14-18-2-1-11-27-13-18)12-23(30-25(22)31)21-9-7-20(8-10-21)19-5-3-17(16-32)4-6-19/h1-13,15,28,32H,14,16H2. The predicted octanol–water partition coefficient (Wildman–Crippen LogP) is 5.33. The van der Waals surface area contributed by atoms with Crippen molar-refractivity contribution in [3.05, 3.63) is 101 Å². The summed E-state index contributed by atoms with van der Waals surface area (Å²) in [5, 5.41) is 17.1. The lowest BCUT2D eigenvalue weighted by atomic mass is 10.0. The molecule has 158 valence electrons. The summed E-state index contributed by atoms with van der Waals surface area (Å²) in [7, 11) is 0. The molecular weight excluding hydrogens is 466 g/mol. The Morgan fingerprint density at radius 2 is 1.59 bits per heavy atom. The van der Waals surface area contributed by atoms with E-state index < -0.39 is 0 Å². The number of nitrogens with zero attached hydrogens (tertiary/aromatic N) is 4. The van der Waals surface area contributed by atoms with E-state index in [2.05, 4.69) is 55.6 Å². The smallest absolute Gasteiger partial charge is 0.172 e. The van der Waals surface area contributed by atoms with Gasteiger partial charge in [-0.2, -0.15) is 9.61 Å². The van der Waals surface area contributed by atoms with Gasteiger partial charge in [0.05, 0.1) is 23.0 Å². The summed E-state index contributed by atoms with van der Waals surface area (Å²) in [6.45, 7) is 0.682. The molecule has 2 N–H and O–H groups in total. The van der Waals surface area contributed by atoms with Crippen LogP contribution in [0.5, 0.6) is 0 Å². The van der Waals surface area contributed by atoms with Crippen LogP contribution in [0.25, 0.3) is 28.0 Å². The van der Waals surface area contributed by atoms with E-state index in [1.165, 1.54) is 0 Å². The fraction of sp³-hybridized carbons (Fsp3) is 0.0800. The van der Waals surface area contributed by atoms with Crippen molar-refractivity contribution in [2.45, 2.75) is 13.2 Å². The van der Waals surface area contributed by atoms with Gasteiger partial charge in [0.25, 0.3) is 0 Å². The lowest BCUT2D eigenvalue weighted by Gasteiger charge is -2.11. The second-order valence-electron chi connectivity index (χ2n) is 7.40. The molecule has 0 unspecified atom stereocenters. The summed E-state index contributed by atoms with van der Waals surface area (Å²) in [6, 6.07) is 22.2. The van der Waals surface area contributed by atoms with E-state index in [0.29, 0.717) is 6.54 Å². The third-order valence-corrected chi connectivity index (χ3v) is 5.84. The molecule has 3 aromatic heterocycles. The van der Waals surface area contributed by atoms with Gasteiger partial charge in [-0.05, 0) is 44.3 Å². The molecule has 2 aromatic carbocycles. The van der Waals surface area contributed by atoms with Gasteiger partial charge in [-0.15, -0.1) is 0 Å². The highest BCUT2D eigenvalue weighted by atomic mass is 79.9. The number of halogens is 1. The summed E-state index contributed by atoms with van der Waals surface area (Å²) >= 11 is 3.56. The lowest BCUT2D eigenvalue weighted by Crippen LogP contribution is -2.07. The molecule has 0 radical (unpaired) electrons. The van der Waals surface area contributed by atoms with E-state index in [1.54, 1.807) is 16.9 Å². The van der Waals surface area contributed by atoms with Crippen molar-refractivity contribution in [3.63, 3.8) is 0 Å². The van der Waals surface area contributed by atoms with Crippen LogP contribution in [0.4, 0.5) is 5.82 Å². The van der Waals surface area contributed by atoms with Crippen LogP contribution in [0.1, 0.15) is 11.1 Å². The molecule has 6 nitrogen and oxygen atoms in total. The van der Waals surface area contributed by atoms with Crippen molar-refractivity contribution in [3.8, 4) is 22.4 Å². The Morgan fingerprint density at radius 3 is 2.28 bits per heavy atom. The molecule has 0 saturated carbocycles. The molecule has 0 spiro atoms. The van der Waals surface area contributed by atoms with Crippen LogP contribution in [-0.4, -0.2) is 24.7 Å². The van der Waals surface area contributed by atoms with Crippen LogP contribution in [0, 0.1) is 0 Å². The average Bonchev–Trinajstić information content (AvgIpc) is 3.24. The van der Waals surface area contributed by atoms with Gasteiger partial charge in [0.2, 0.25) is 0 Å². The molecule has 32 heavy (non-hydrogen) atoms. The van der Waals surface area contributed by atoms with E-state index >= 15 is 0 Å². The zero-order chi connectivity index (χ0) is 21.9. The number of fused-ring (bicyclic) bond motifs is 1. The van der Waals surface area contributed by atoms with Crippen molar-refractivity contribution in [2.75, 3.05) is 5.32 Å². The minimum atomic E-state index is 0.0503. The Hall–Kier alpha value is -3.55. The number of hydrogen-bond acceptors (Lipinski definition) is 5. The second kappa shape index (κ2) is 8.90. The Labute approximate surface area is 193 Å². The van der Waals surface area contributed by atoms with Crippen LogP contribution >= 0.6 is 15.9 Å². The first-order chi connectivity index (χ1) is 15.7. The van der Waals surface area contributed by atoms with Gasteiger partial charge in [-0.3, -0.25) is 4.98 Å². The molecule has 0 aliphatic rings. The van der Waals surface area contributed by atoms with Crippen molar-refractivity contribution in [1.82, 2.24) is 19.6 Å². The van der Waals surface area contributed by atoms with Crippen LogP contribution < -0.4 is 5.32 Å². The minimum Gasteiger partial charge on any atom is -0.392 e. The molecule has 3 heterocycles. The number of aliphatic hydroxyl groups excluding tert-OH is 1. The zero-order valence-electron chi connectivity index (χ0n) is 17.1. The van der Waals surface area contributed by atoms with E-state index in [4.69, 9.17) is 4.98 Å². The summed E-state index contributed by atoms with van der Waals surface area (Å²) in [5.74, 6) is 0.850. The average molecular weight is 486 g/mol. The van der Waals surface area contributed by atoms with Gasteiger partial charge in [-0.25, -0.2) is 4.98 Å². The first-order valence-electron chi connectivity index (χ1n) is 10.2. The first-order valence-corrected chi connectivity index (χ1v) is 11.0. The third-order valence-electron chi connectivity index (χ3n) is 5.28. The van der Waals surface area contributed by atoms with Gasteiger partial charge in [0, 0.05) is 30.6 Å². The van der Waals surface area contributed by atoms with Crippen molar-refractivity contribution in [2.24, 2.45) is 0 Å². The molecule has 0 atom stereocenters. The Morgan fingerprint density at radius 1 is 0.875 bits per heavy atom. The molecule has 5 aromatic rings. The normalized spacial score (nSPS) is 11.1. The van der Waals surface area contributed by atoms with E-state index in [9.17, 15) is 5.11 Å². The summed E-state index contributed by atoms with van der Waals surface area (Å²) in [6.07, 6.45) is 5.36. The Balaban J connectivity index is 1.47.